The van der Waals surface area contributed by atoms with Crippen LogP contribution in [0.25, 0.3) is 0 Å². The molecule has 0 saturated heterocycles. The summed E-state index contributed by atoms with van der Waals surface area (Å²) in [6.45, 7) is -0.175. The molecule has 108 valence electrons. The molecule has 0 aliphatic carbocycles. The van der Waals surface area contributed by atoms with Gasteiger partial charge < -0.3 is 10.5 Å². The molecule has 1 aromatic carbocycles. The summed E-state index contributed by atoms with van der Waals surface area (Å²) in [5.74, 6) is -0.900. The summed E-state index contributed by atoms with van der Waals surface area (Å²) in [6.07, 6.45) is 0. The Morgan fingerprint density at radius 3 is 2.75 bits per heavy atom. The zero-order valence-electron chi connectivity index (χ0n) is 10.7. The van der Waals surface area contributed by atoms with Gasteiger partial charge in [-0.1, -0.05) is 18.2 Å². The van der Waals surface area contributed by atoms with Crippen molar-refractivity contribution in [3.63, 3.8) is 0 Å². The van der Waals surface area contributed by atoms with Crippen molar-refractivity contribution in [2.24, 2.45) is 5.73 Å². The van der Waals surface area contributed by atoms with E-state index in [1.165, 1.54) is 0 Å². The second kappa shape index (κ2) is 7.59. The van der Waals surface area contributed by atoms with Crippen LogP contribution in [0, 0.1) is 11.3 Å². The highest BCUT2D eigenvalue weighted by Crippen LogP contribution is 2.10. The lowest BCUT2D eigenvalue weighted by Crippen LogP contribution is -2.30. The van der Waals surface area contributed by atoms with E-state index in [0.717, 1.165) is 0 Å². The standard InChI is InChI=1S/C12H15N3O4S/c13-7-10-3-1-2-4-11(10)9-20(17,18)15-5-6-19-8-12(14)16/h1-4,15H,5-6,8-9H2,(H2,14,16). The molecule has 1 amide bonds. The van der Waals surface area contributed by atoms with Crippen molar-refractivity contribution < 1.29 is 17.9 Å². The van der Waals surface area contributed by atoms with Crippen LogP contribution in [0.4, 0.5) is 0 Å². The Hall–Kier alpha value is -1.95. The first kappa shape index (κ1) is 16.1. The second-order valence-electron chi connectivity index (χ2n) is 3.94. The van der Waals surface area contributed by atoms with Gasteiger partial charge in [0.15, 0.2) is 0 Å². The molecule has 20 heavy (non-hydrogen) atoms. The van der Waals surface area contributed by atoms with Crippen LogP contribution in [0.1, 0.15) is 11.1 Å². The third-order valence-electron chi connectivity index (χ3n) is 2.30. The average molecular weight is 297 g/mol. The summed E-state index contributed by atoms with van der Waals surface area (Å²) in [5, 5.41) is 8.88. The molecule has 0 unspecified atom stereocenters. The number of nitrogens with one attached hydrogen (secondary N) is 1. The highest BCUT2D eigenvalue weighted by Gasteiger charge is 2.13. The van der Waals surface area contributed by atoms with Gasteiger partial charge in [-0.15, -0.1) is 0 Å². The molecule has 0 bridgehead atoms. The zero-order valence-corrected chi connectivity index (χ0v) is 11.5. The predicted octanol–water partition coefficient (Wildman–Crippen LogP) is -0.520. The number of benzene rings is 1. The van der Waals surface area contributed by atoms with Gasteiger partial charge in [-0.05, 0) is 11.6 Å². The monoisotopic (exact) mass is 297 g/mol. The number of hydrogen-bond acceptors (Lipinski definition) is 5. The van der Waals surface area contributed by atoms with E-state index in [0.29, 0.717) is 11.1 Å². The van der Waals surface area contributed by atoms with E-state index in [1.807, 2.05) is 6.07 Å². The van der Waals surface area contributed by atoms with E-state index in [-0.39, 0.29) is 25.5 Å². The molecule has 0 aliphatic heterocycles. The van der Waals surface area contributed by atoms with Gasteiger partial charge in [-0.25, -0.2) is 13.1 Å². The van der Waals surface area contributed by atoms with Crippen LogP contribution in [0.2, 0.25) is 0 Å². The number of carbonyl (C=O) groups excluding carboxylic acids is 1. The molecule has 0 aliphatic rings. The van der Waals surface area contributed by atoms with Crippen LogP contribution in [-0.2, 0) is 25.3 Å². The molecular weight excluding hydrogens is 282 g/mol. The zero-order chi connectivity index (χ0) is 15.0. The van der Waals surface area contributed by atoms with E-state index in [9.17, 15) is 13.2 Å². The minimum absolute atomic E-state index is 0.0321. The molecule has 8 heteroatoms. The predicted molar refractivity (Wildman–Crippen MR) is 71.8 cm³/mol. The summed E-state index contributed by atoms with van der Waals surface area (Å²) in [6, 6.07) is 8.41. The minimum Gasteiger partial charge on any atom is -0.370 e. The van der Waals surface area contributed by atoms with Crippen molar-refractivity contribution in [2.75, 3.05) is 19.8 Å². The van der Waals surface area contributed by atoms with Gasteiger partial charge in [0.2, 0.25) is 15.9 Å². The van der Waals surface area contributed by atoms with E-state index >= 15 is 0 Å². The smallest absolute Gasteiger partial charge is 0.243 e. The number of primary amides is 1. The highest BCUT2D eigenvalue weighted by molar-refractivity contribution is 7.88. The molecule has 0 atom stereocenters. The van der Waals surface area contributed by atoms with E-state index in [4.69, 9.17) is 15.7 Å². The van der Waals surface area contributed by atoms with Gasteiger partial charge in [0, 0.05) is 6.54 Å². The Morgan fingerprint density at radius 2 is 2.10 bits per heavy atom. The number of sulfonamides is 1. The quantitative estimate of drug-likeness (QED) is 0.625. The number of nitrogens with zero attached hydrogens (tertiary/aromatic N) is 1. The van der Waals surface area contributed by atoms with E-state index in [2.05, 4.69) is 4.72 Å². The highest BCUT2D eigenvalue weighted by atomic mass is 32.2. The fourth-order valence-electron chi connectivity index (χ4n) is 1.45. The minimum atomic E-state index is -3.57. The Labute approximate surface area is 117 Å². The van der Waals surface area contributed by atoms with E-state index < -0.39 is 15.9 Å². The molecule has 0 saturated carbocycles. The van der Waals surface area contributed by atoms with Crippen molar-refractivity contribution in [1.82, 2.24) is 4.72 Å². The number of nitriles is 1. The topological polar surface area (TPSA) is 122 Å². The van der Waals surface area contributed by atoms with Crippen LogP contribution in [0.15, 0.2) is 24.3 Å². The third-order valence-corrected chi connectivity index (χ3v) is 3.63. The van der Waals surface area contributed by atoms with Crippen molar-refractivity contribution >= 4 is 15.9 Å². The molecular formula is C12H15N3O4S. The summed E-state index contributed by atoms with van der Waals surface area (Å²) in [7, 11) is -3.57. The van der Waals surface area contributed by atoms with Gasteiger partial charge in [-0.3, -0.25) is 4.79 Å². The molecule has 0 spiro atoms. The molecule has 7 nitrogen and oxygen atoms in total. The SMILES string of the molecule is N#Cc1ccccc1CS(=O)(=O)NCCOCC(N)=O. The Balaban J connectivity index is 2.50. The number of nitrogens with two attached hydrogens (primary N) is 1. The van der Waals surface area contributed by atoms with Crippen molar-refractivity contribution in [3.8, 4) is 6.07 Å². The normalized spacial score (nSPS) is 10.9. The lowest BCUT2D eigenvalue weighted by molar-refractivity contribution is -0.122. The van der Waals surface area contributed by atoms with Crippen molar-refractivity contribution in [1.29, 1.82) is 5.26 Å². The number of ether oxygens (including phenoxy) is 1. The van der Waals surface area contributed by atoms with Crippen LogP contribution >= 0.6 is 0 Å². The number of carbonyl (C=O) groups is 1. The van der Waals surface area contributed by atoms with Crippen LogP contribution < -0.4 is 10.5 Å². The Bertz CT molecular complexity index is 607. The number of rotatable bonds is 8. The molecule has 0 radical (unpaired) electrons. The summed E-state index contributed by atoms with van der Waals surface area (Å²) in [5.41, 5.74) is 5.61. The van der Waals surface area contributed by atoms with Gasteiger partial charge in [0.25, 0.3) is 0 Å². The molecule has 3 N–H and O–H groups in total. The maximum atomic E-state index is 11.8. The van der Waals surface area contributed by atoms with Gasteiger partial charge in [0.05, 0.1) is 24.0 Å². The lowest BCUT2D eigenvalue weighted by Gasteiger charge is -2.08. The Kier molecular flexibility index (Phi) is 6.11. The average Bonchev–Trinajstić information content (AvgIpc) is 2.38. The third kappa shape index (κ3) is 5.79. The summed E-state index contributed by atoms with van der Waals surface area (Å²) in [4.78, 5) is 10.4. The fourth-order valence-corrected chi connectivity index (χ4v) is 2.61. The molecule has 0 fully saturated rings. The Morgan fingerprint density at radius 1 is 1.40 bits per heavy atom. The van der Waals surface area contributed by atoms with Gasteiger partial charge >= 0.3 is 0 Å². The largest absolute Gasteiger partial charge is 0.370 e. The maximum absolute atomic E-state index is 11.8. The summed E-state index contributed by atoms with van der Waals surface area (Å²) >= 11 is 0. The summed E-state index contributed by atoms with van der Waals surface area (Å²) < 4.78 is 30.7. The van der Waals surface area contributed by atoms with Crippen molar-refractivity contribution in [2.45, 2.75) is 5.75 Å². The first-order valence-electron chi connectivity index (χ1n) is 5.76. The van der Waals surface area contributed by atoms with Crippen LogP contribution in [-0.4, -0.2) is 34.1 Å². The van der Waals surface area contributed by atoms with E-state index in [1.54, 1.807) is 24.3 Å². The van der Waals surface area contributed by atoms with Gasteiger partial charge in [-0.2, -0.15) is 5.26 Å². The molecule has 0 aromatic heterocycles. The van der Waals surface area contributed by atoms with Crippen LogP contribution in [0.5, 0.6) is 0 Å². The number of amides is 1. The molecule has 1 rings (SSSR count). The maximum Gasteiger partial charge on any atom is 0.243 e. The van der Waals surface area contributed by atoms with Crippen LogP contribution in [0.3, 0.4) is 0 Å². The molecule has 0 heterocycles. The fraction of sp³-hybridized carbons (Fsp3) is 0.333. The van der Waals surface area contributed by atoms with Crippen molar-refractivity contribution in [3.05, 3.63) is 35.4 Å². The first-order chi connectivity index (χ1) is 9.44. The number of hydrogen-bond donors (Lipinski definition) is 2. The molecule has 1 aromatic rings. The lowest BCUT2D eigenvalue weighted by atomic mass is 10.1. The first-order valence-corrected chi connectivity index (χ1v) is 7.41. The van der Waals surface area contributed by atoms with Gasteiger partial charge in [0.1, 0.15) is 6.61 Å². The second-order valence-corrected chi connectivity index (χ2v) is 5.75.